The van der Waals surface area contributed by atoms with Crippen LogP contribution in [0.5, 0.6) is 0 Å². The highest BCUT2D eigenvalue weighted by Crippen LogP contribution is 2.25. The minimum atomic E-state index is -0.897. The maximum Gasteiger partial charge on any atom is 0.336 e. The van der Waals surface area contributed by atoms with E-state index in [0.717, 1.165) is 16.5 Å². The van der Waals surface area contributed by atoms with Crippen LogP contribution in [0.2, 0.25) is 0 Å². The lowest BCUT2D eigenvalue weighted by Gasteiger charge is -2.09. The van der Waals surface area contributed by atoms with Gasteiger partial charge in [-0.15, -0.1) is 0 Å². The Hall–Kier alpha value is -1.90. The monoisotopic (exact) mass is 215 g/mol. The average Bonchev–Trinajstić information content (AvgIpc) is 2.27. The van der Waals surface area contributed by atoms with Gasteiger partial charge in [0.1, 0.15) is 0 Å². The van der Waals surface area contributed by atoms with E-state index in [0.29, 0.717) is 5.56 Å². The molecule has 0 saturated carbocycles. The van der Waals surface area contributed by atoms with E-state index < -0.39 is 5.97 Å². The Kier molecular flexibility index (Phi) is 2.60. The average molecular weight is 215 g/mol. The van der Waals surface area contributed by atoms with E-state index in [9.17, 15) is 4.79 Å². The molecule has 0 spiro atoms. The topological polar surface area (TPSA) is 50.2 Å². The summed E-state index contributed by atoms with van der Waals surface area (Å²) in [6.07, 6.45) is 1.67. The van der Waals surface area contributed by atoms with Gasteiger partial charge in [0.15, 0.2) is 0 Å². The van der Waals surface area contributed by atoms with Crippen molar-refractivity contribution in [2.24, 2.45) is 0 Å². The number of nitrogens with zero attached hydrogens (tertiary/aromatic N) is 1. The lowest BCUT2D eigenvalue weighted by molar-refractivity contribution is 0.0699. The molecule has 16 heavy (non-hydrogen) atoms. The molecule has 1 aromatic carbocycles. The predicted octanol–water partition coefficient (Wildman–Crippen LogP) is 3.06. The first kappa shape index (κ1) is 10.6. The molecule has 0 saturated heterocycles. The summed E-state index contributed by atoms with van der Waals surface area (Å²) in [7, 11) is 0. The van der Waals surface area contributed by atoms with Crippen molar-refractivity contribution < 1.29 is 9.90 Å². The van der Waals surface area contributed by atoms with Gasteiger partial charge in [-0.1, -0.05) is 26.0 Å². The van der Waals surface area contributed by atoms with Crippen LogP contribution in [0.15, 0.2) is 30.5 Å². The van der Waals surface area contributed by atoms with Crippen LogP contribution in [0, 0.1) is 0 Å². The number of carboxylic acid groups (broad SMARTS) is 1. The second-order valence-corrected chi connectivity index (χ2v) is 4.06. The van der Waals surface area contributed by atoms with Gasteiger partial charge in [0.25, 0.3) is 0 Å². The Bertz CT molecular complexity index is 547. The summed E-state index contributed by atoms with van der Waals surface area (Å²) in [5, 5.41) is 10.8. The number of hydrogen-bond donors (Lipinski definition) is 1. The van der Waals surface area contributed by atoms with E-state index in [-0.39, 0.29) is 5.92 Å². The summed E-state index contributed by atoms with van der Waals surface area (Å²) in [6.45, 7) is 4.10. The molecule has 3 heteroatoms. The van der Waals surface area contributed by atoms with Crippen molar-refractivity contribution in [2.75, 3.05) is 0 Å². The van der Waals surface area contributed by atoms with Crippen molar-refractivity contribution in [3.63, 3.8) is 0 Å². The Morgan fingerprint density at radius 1 is 1.25 bits per heavy atom. The van der Waals surface area contributed by atoms with Crippen LogP contribution in [0.3, 0.4) is 0 Å². The number of hydrogen-bond acceptors (Lipinski definition) is 2. The molecule has 0 amide bonds. The Morgan fingerprint density at radius 3 is 2.62 bits per heavy atom. The first-order chi connectivity index (χ1) is 7.61. The fourth-order valence-electron chi connectivity index (χ4n) is 1.88. The number of benzene rings is 1. The maximum atomic E-state index is 11.1. The summed E-state index contributed by atoms with van der Waals surface area (Å²) in [5.41, 5.74) is 1.28. The van der Waals surface area contributed by atoms with Gasteiger partial charge in [0.2, 0.25) is 0 Å². The predicted molar refractivity (Wildman–Crippen MR) is 62.8 cm³/mol. The van der Waals surface area contributed by atoms with Gasteiger partial charge in [-0.05, 0) is 23.4 Å². The smallest absolute Gasteiger partial charge is 0.336 e. The van der Waals surface area contributed by atoms with Crippen LogP contribution in [0.4, 0.5) is 0 Å². The minimum Gasteiger partial charge on any atom is -0.478 e. The number of carboxylic acids is 1. The number of aromatic carboxylic acids is 1. The minimum absolute atomic E-state index is 0.285. The zero-order valence-electron chi connectivity index (χ0n) is 9.27. The van der Waals surface area contributed by atoms with Crippen molar-refractivity contribution in [2.45, 2.75) is 19.8 Å². The second-order valence-electron chi connectivity index (χ2n) is 4.06. The highest BCUT2D eigenvalue weighted by atomic mass is 16.4. The molecule has 82 valence electrons. The molecule has 2 rings (SSSR count). The Labute approximate surface area is 93.7 Å². The van der Waals surface area contributed by atoms with Crippen LogP contribution in [-0.4, -0.2) is 16.1 Å². The zero-order valence-corrected chi connectivity index (χ0v) is 9.27. The van der Waals surface area contributed by atoms with Crippen molar-refractivity contribution in [1.82, 2.24) is 4.98 Å². The molecule has 0 aliphatic rings. The van der Waals surface area contributed by atoms with E-state index in [1.807, 2.05) is 6.07 Å². The van der Waals surface area contributed by atoms with E-state index in [4.69, 9.17) is 5.11 Å². The third kappa shape index (κ3) is 1.65. The lowest BCUT2D eigenvalue weighted by atomic mass is 9.99. The molecule has 0 radical (unpaired) electrons. The molecular formula is C13H13NO2. The molecule has 0 atom stereocenters. The number of fused-ring (bicyclic) bond motifs is 1. The number of rotatable bonds is 2. The van der Waals surface area contributed by atoms with E-state index in [1.165, 1.54) is 0 Å². The van der Waals surface area contributed by atoms with E-state index in [1.54, 1.807) is 24.4 Å². The summed E-state index contributed by atoms with van der Waals surface area (Å²) in [6, 6.07) is 7.06. The third-order valence-electron chi connectivity index (χ3n) is 2.61. The van der Waals surface area contributed by atoms with Gasteiger partial charge in [0.05, 0.1) is 11.3 Å². The lowest BCUT2D eigenvalue weighted by Crippen LogP contribution is -2.00. The van der Waals surface area contributed by atoms with Gasteiger partial charge in [0, 0.05) is 11.6 Å². The third-order valence-corrected chi connectivity index (χ3v) is 2.61. The number of carbonyl (C=O) groups is 1. The molecule has 0 fully saturated rings. The maximum absolute atomic E-state index is 11.1. The van der Waals surface area contributed by atoms with Crippen molar-refractivity contribution >= 4 is 16.7 Å². The van der Waals surface area contributed by atoms with E-state index in [2.05, 4.69) is 18.8 Å². The molecule has 0 aliphatic heterocycles. The summed E-state index contributed by atoms with van der Waals surface area (Å²) in [5.74, 6) is -0.612. The van der Waals surface area contributed by atoms with Crippen molar-refractivity contribution in [1.29, 1.82) is 0 Å². The van der Waals surface area contributed by atoms with Gasteiger partial charge in [-0.25, -0.2) is 4.79 Å². The fraction of sp³-hybridized carbons (Fsp3) is 0.231. The van der Waals surface area contributed by atoms with Crippen LogP contribution < -0.4 is 0 Å². The van der Waals surface area contributed by atoms with Crippen LogP contribution in [0.1, 0.15) is 35.8 Å². The molecule has 1 aromatic heterocycles. The van der Waals surface area contributed by atoms with Gasteiger partial charge in [-0.3, -0.25) is 4.98 Å². The Balaban J connectivity index is 2.81. The zero-order chi connectivity index (χ0) is 11.7. The number of aromatic nitrogens is 1. The van der Waals surface area contributed by atoms with Crippen LogP contribution >= 0.6 is 0 Å². The quantitative estimate of drug-likeness (QED) is 0.837. The fourth-order valence-corrected chi connectivity index (χ4v) is 1.88. The molecule has 0 unspecified atom stereocenters. The first-order valence-electron chi connectivity index (χ1n) is 5.22. The second kappa shape index (κ2) is 3.93. The molecule has 2 aromatic rings. The number of pyridine rings is 1. The standard InChI is InChI=1S/C13H13NO2/c1-8(2)12-10-4-3-5-11(13(15)16)9(10)6-7-14-12/h3-8H,1-2H3,(H,15,16). The largest absolute Gasteiger partial charge is 0.478 e. The summed E-state index contributed by atoms with van der Waals surface area (Å²) in [4.78, 5) is 15.4. The van der Waals surface area contributed by atoms with Crippen molar-refractivity contribution in [3.05, 3.63) is 41.7 Å². The molecule has 3 nitrogen and oxygen atoms in total. The van der Waals surface area contributed by atoms with Crippen molar-refractivity contribution in [3.8, 4) is 0 Å². The highest BCUT2D eigenvalue weighted by Gasteiger charge is 2.12. The molecule has 0 bridgehead atoms. The first-order valence-corrected chi connectivity index (χ1v) is 5.22. The van der Waals surface area contributed by atoms with Gasteiger partial charge in [-0.2, -0.15) is 0 Å². The van der Waals surface area contributed by atoms with Gasteiger partial charge >= 0.3 is 5.97 Å². The van der Waals surface area contributed by atoms with Crippen LogP contribution in [-0.2, 0) is 0 Å². The summed E-state index contributed by atoms with van der Waals surface area (Å²) >= 11 is 0. The van der Waals surface area contributed by atoms with E-state index >= 15 is 0 Å². The molecular weight excluding hydrogens is 202 g/mol. The SMILES string of the molecule is CC(C)c1nccc2c(C(=O)O)cccc12. The van der Waals surface area contributed by atoms with Crippen LogP contribution in [0.25, 0.3) is 10.8 Å². The molecule has 1 heterocycles. The summed E-state index contributed by atoms with van der Waals surface area (Å²) < 4.78 is 0. The Morgan fingerprint density at radius 2 is 2.00 bits per heavy atom. The normalized spacial score (nSPS) is 10.9. The molecule has 1 N–H and O–H groups in total. The molecule has 0 aliphatic carbocycles. The van der Waals surface area contributed by atoms with Gasteiger partial charge < -0.3 is 5.11 Å². The highest BCUT2D eigenvalue weighted by molar-refractivity contribution is 6.04.